The van der Waals surface area contributed by atoms with Gasteiger partial charge in [-0.1, -0.05) is 11.2 Å². The van der Waals surface area contributed by atoms with E-state index in [2.05, 4.69) is 15.1 Å². The maximum absolute atomic E-state index is 12.7. The number of amides is 1. The van der Waals surface area contributed by atoms with Gasteiger partial charge in [0.25, 0.3) is 11.8 Å². The molecule has 0 spiro atoms. The van der Waals surface area contributed by atoms with E-state index in [4.69, 9.17) is 18.7 Å². The van der Waals surface area contributed by atoms with Gasteiger partial charge in [0.1, 0.15) is 0 Å². The van der Waals surface area contributed by atoms with Gasteiger partial charge in [-0.25, -0.2) is 0 Å². The summed E-state index contributed by atoms with van der Waals surface area (Å²) in [6.07, 6.45) is 2.84. The summed E-state index contributed by atoms with van der Waals surface area (Å²) < 4.78 is 22.5. The molecule has 0 radical (unpaired) electrons. The third-order valence-corrected chi connectivity index (χ3v) is 4.81. The van der Waals surface area contributed by atoms with Crippen LogP contribution >= 0.6 is 0 Å². The van der Waals surface area contributed by atoms with Crippen LogP contribution in [-0.4, -0.2) is 58.8 Å². The highest BCUT2D eigenvalue weighted by molar-refractivity contribution is 5.78. The summed E-state index contributed by atoms with van der Waals surface area (Å²) >= 11 is 0. The van der Waals surface area contributed by atoms with Gasteiger partial charge in [0.2, 0.25) is 5.82 Å². The van der Waals surface area contributed by atoms with Crippen LogP contribution in [0.4, 0.5) is 0 Å². The Balaban J connectivity index is 1.38. The number of hydrogen-bond donors (Lipinski definition) is 0. The zero-order valence-corrected chi connectivity index (χ0v) is 17.5. The van der Waals surface area contributed by atoms with Crippen molar-refractivity contribution in [3.8, 4) is 22.9 Å². The van der Waals surface area contributed by atoms with Crippen molar-refractivity contribution < 1.29 is 23.5 Å². The molecule has 3 heterocycles. The Morgan fingerprint density at radius 2 is 2.16 bits per heavy atom. The summed E-state index contributed by atoms with van der Waals surface area (Å²) in [5.74, 6) is 1.78. The van der Waals surface area contributed by atoms with Crippen LogP contribution in [0.25, 0.3) is 11.4 Å². The highest BCUT2D eigenvalue weighted by Gasteiger charge is 2.30. The van der Waals surface area contributed by atoms with Crippen LogP contribution in [0.2, 0.25) is 0 Å². The highest BCUT2D eigenvalue weighted by Crippen LogP contribution is 2.29. The summed E-state index contributed by atoms with van der Waals surface area (Å²) in [6, 6.07) is 9.27. The maximum atomic E-state index is 12.7. The monoisotopic (exact) mass is 424 g/mol. The van der Waals surface area contributed by atoms with Crippen LogP contribution < -0.4 is 9.47 Å². The first-order valence-corrected chi connectivity index (χ1v) is 10.1. The molecule has 3 aromatic rings. The van der Waals surface area contributed by atoms with E-state index in [1.165, 1.54) is 0 Å². The van der Waals surface area contributed by atoms with Crippen molar-refractivity contribution in [3.05, 3.63) is 54.2 Å². The fraction of sp³-hybridized carbons (Fsp3) is 0.364. The van der Waals surface area contributed by atoms with E-state index < -0.39 is 6.10 Å². The predicted octanol–water partition coefficient (Wildman–Crippen LogP) is 2.82. The molecule has 0 saturated carbocycles. The number of rotatable bonds is 7. The Morgan fingerprint density at radius 1 is 1.26 bits per heavy atom. The second kappa shape index (κ2) is 9.57. The number of hydrogen-bond acceptors (Lipinski definition) is 8. The zero-order valence-electron chi connectivity index (χ0n) is 17.5. The summed E-state index contributed by atoms with van der Waals surface area (Å²) in [7, 11) is 0. The summed E-state index contributed by atoms with van der Waals surface area (Å²) in [5.41, 5.74) is 1.81. The number of carbonyl (C=O) groups is 1. The summed E-state index contributed by atoms with van der Waals surface area (Å²) in [6.45, 7) is 5.45. The molecule has 4 rings (SSSR count). The smallest absolute Gasteiger partial charge is 0.260 e. The molecule has 2 aromatic heterocycles. The van der Waals surface area contributed by atoms with Gasteiger partial charge in [-0.3, -0.25) is 9.78 Å². The lowest BCUT2D eigenvalue weighted by Crippen LogP contribution is -2.44. The minimum Gasteiger partial charge on any atom is -0.490 e. The Hall–Kier alpha value is -3.46. The summed E-state index contributed by atoms with van der Waals surface area (Å²) in [5, 5.41) is 3.99. The number of benzene rings is 1. The zero-order chi connectivity index (χ0) is 21.6. The first-order valence-electron chi connectivity index (χ1n) is 10.1. The number of carbonyl (C=O) groups excluding carboxylic acids is 1. The molecule has 1 aromatic carbocycles. The molecule has 1 aliphatic rings. The van der Waals surface area contributed by atoms with E-state index in [1.54, 1.807) is 23.4 Å². The molecule has 0 bridgehead atoms. The van der Waals surface area contributed by atoms with Gasteiger partial charge in [-0.15, -0.1) is 0 Å². The maximum Gasteiger partial charge on any atom is 0.260 e. The van der Waals surface area contributed by atoms with Crippen molar-refractivity contribution in [2.24, 2.45) is 0 Å². The average molecular weight is 424 g/mol. The van der Waals surface area contributed by atoms with Crippen molar-refractivity contribution >= 4 is 5.91 Å². The van der Waals surface area contributed by atoms with Crippen molar-refractivity contribution in [1.82, 2.24) is 20.0 Å². The molecule has 1 aliphatic heterocycles. The lowest BCUT2D eigenvalue weighted by Gasteiger charge is -2.31. The normalized spacial score (nSPS) is 16.2. The SMILES string of the molecule is CCOc1cc(C)ccc1OCC(=O)N1CCO[C@H](c2nc(-c3cccnc3)no2)C1. The van der Waals surface area contributed by atoms with Gasteiger partial charge in [0.15, 0.2) is 24.2 Å². The third-order valence-electron chi connectivity index (χ3n) is 4.81. The number of nitrogens with zero attached hydrogens (tertiary/aromatic N) is 4. The summed E-state index contributed by atoms with van der Waals surface area (Å²) in [4.78, 5) is 22.9. The van der Waals surface area contributed by atoms with Crippen molar-refractivity contribution in [1.29, 1.82) is 0 Å². The van der Waals surface area contributed by atoms with E-state index >= 15 is 0 Å². The fourth-order valence-corrected chi connectivity index (χ4v) is 3.24. The number of morpholine rings is 1. The topological polar surface area (TPSA) is 99.8 Å². The van der Waals surface area contributed by atoms with Crippen LogP contribution in [0.15, 0.2) is 47.2 Å². The Labute approximate surface area is 179 Å². The van der Waals surface area contributed by atoms with Crippen LogP contribution in [0, 0.1) is 6.92 Å². The molecular formula is C22H24N4O5. The Kier molecular flexibility index (Phi) is 6.42. The molecule has 162 valence electrons. The second-order valence-corrected chi connectivity index (χ2v) is 7.07. The first kappa shape index (κ1) is 20.8. The van der Waals surface area contributed by atoms with E-state index in [0.29, 0.717) is 49.5 Å². The minimum absolute atomic E-state index is 0.0966. The van der Waals surface area contributed by atoms with Crippen molar-refractivity contribution in [2.75, 3.05) is 32.9 Å². The number of aromatic nitrogens is 3. The molecular weight excluding hydrogens is 400 g/mol. The first-order chi connectivity index (χ1) is 15.1. The van der Waals surface area contributed by atoms with Gasteiger partial charge in [-0.05, 0) is 43.7 Å². The average Bonchev–Trinajstić information content (AvgIpc) is 3.30. The third kappa shape index (κ3) is 5.00. The van der Waals surface area contributed by atoms with Gasteiger partial charge < -0.3 is 23.6 Å². The van der Waals surface area contributed by atoms with Crippen LogP contribution in [-0.2, 0) is 9.53 Å². The molecule has 0 unspecified atom stereocenters. The Morgan fingerprint density at radius 3 is 2.97 bits per heavy atom. The lowest BCUT2D eigenvalue weighted by atomic mass is 10.2. The highest BCUT2D eigenvalue weighted by atomic mass is 16.5. The molecule has 0 aliphatic carbocycles. The van der Waals surface area contributed by atoms with Crippen LogP contribution in [0.3, 0.4) is 0 Å². The van der Waals surface area contributed by atoms with Crippen molar-refractivity contribution in [2.45, 2.75) is 20.0 Å². The molecule has 9 nitrogen and oxygen atoms in total. The molecule has 31 heavy (non-hydrogen) atoms. The number of ether oxygens (including phenoxy) is 3. The molecule has 1 fully saturated rings. The van der Waals surface area contributed by atoms with E-state index in [1.807, 2.05) is 38.1 Å². The van der Waals surface area contributed by atoms with E-state index in [0.717, 1.165) is 11.1 Å². The molecule has 1 atom stereocenters. The lowest BCUT2D eigenvalue weighted by molar-refractivity contribution is -0.142. The van der Waals surface area contributed by atoms with E-state index in [-0.39, 0.29) is 12.5 Å². The molecule has 1 amide bonds. The second-order valence-electron chi connectivity index (χ2n) is 7.07. The van der Waals surface area contributed by atoms with Crippen molar-refractivity contribution in [3.63, 3.8) is 0 Å². The van der Waals surface area contributed by atoms with Crippen LogP contribution in [0.5, 0.6) is 11.5 Å². The standard InChI is InChI=1S/C22H24N4O5/c1-3-28-18-11-15(2)6-7-17(18)30-14-20(27)26-9-10-29-19(13-26)22-24-21(25-31-22)16-5-4-8-23-12-16/h4-8,11-12,19H,3,9-10,13-14H2,1-2H3/t19-/m0/s1. The van der Waals surface area contributed by atoms with Gasteiger partial charge in [0, 0.05) is 24.5 Å². The predicted molar refractivity (Wildman–Crippen MR) is 111 cm³/mol. The molecule has 9 heteroatoms. The minimum atomic E-state index is -0.492. The van der Waals surface area contributed by atoms with Crippen LogP contribution in [0.1, 0.15) is 24.5 Å². The number of aryl methyl sites for hydroxylation is 1. The molecule has 1 saturated heterocycles. The fourth-order valence-electron chi connectivity index (χ4n) is 3.24. The van der Waals surface area contributed by atoms with Gasteiger partial charge in [-0.2, -0.15) is 4.98 Å². The van der Waals surface area contributed by atoms with E-state index in [9.17, 15) is 4.79 Å². The Bertz CT molecular complexity index is 1020. The molecule has 0 N–H and O–H groups in total. The van der Waals surface area contributed by atoms with Gasteiger partial charge in [0.05, 0.1) is 19.8 Å². The number of pyridine rings is 1. The largest absolute Gasteiger partial charge is 0.490 e. The van der Waals surface area contributed by atoms with Gasteiger partial charge >= 0.3 is 0 Å². The quantitative estimate of drug-likeness (QED) is 0.571.